The van der Waals surface area contributed by atoms with Gasteiger partial charge in [-0.1, -0.05) is 0 Å². The third-order valence-corrected chi connectivity index (χ3v) is 2.63. The standard InChI is InChI=1S/C10H8N2O3/c13-10(14)9-11-5-7-6-2-4-15-8(6)1-3-12(7)9/h2,4-5H,1,3H2,(H,13,14). The van der Waals surface area contributed by atoms with Gasteiger partial charge in [0, 0.05) is 18.5 Å². The minimum Gasteiger partial charge on any atom is -0.475 e. The number of carboxylic acid groups (broad SMARTS) is 1. The lowest BCUT2D eigenvalue weighted by Gasteiger charge is -2.14. The minimum atomic E-state index is -0.992. The molecule has 0 atom stereocenters. The number of aryl methyl sites for hydroxylation is 1. The van der Waals surface area contributed by atoms with Crippen LogP contribution in [0.25, 0.3) is 11.3 Å². The van der Waals surface area contributed by atoms with Gasteiger partial charge in [0.15, 0.2) is 0 Å². The molecule has 1 aliphatic rings. The van der Waals surface area contributed by atoms with E-state index in [9.17, 15) is 4.79 Å². The Kier molecular flexibility index (Phi) is 1.50. The first kappa shape index (κ1) is 8.28. The van der Waals surface area contributed by atoms with Gasteiger partial charge in [-0.2, -0.15) is 0 Å². The van der Waals surface area contributed by atoms with Crippen LogP contribution in [-0.2, 0) is 13.0 Å². The number of aromatic nitrogens is 2. The van der Waals surface area contributed by atoms with Crippen LogP contribution in [0.1, 0.15) is 16.4 Å². The molecule has 2 aromatic heterocycles. The van der Waals surface area contributed by atoms with Crippen molar-refractivity contribution >= 4 is 5.97 Å². The highest BCUT2D eigenvalue weighted by Gasteiger charge is 2.24. The molecule has 0 spiro atoms. The number of hydrogen-bond acceptors (Lipinski definition) is 3. The Bertz CT molecular complexity index is 539. The highest BCUT2D eigenvalue weighted by Crippen LogP contribution is 2.30. The van der Waals surface area contributed by atoms with Crippen molar-refractivity contribution in [1.29, 1.82) is 0 Å². The Morgan fingerprint density at radius 2 is 2.47 bits per heavy atom. The first-order valence-electron chi connectivity index (χ1n) is 4.63. The number of aromatic carboxylic acids is 1. The molecule has 0 saturated carbocycles. The molecule has 76 valence electrons. The van der Waals surface area contributed by atoms with E-state index < -0.39 is 5.97 Å². The molecule has 1 N–H and O–H groups in total. The minimum absolute atomic E-state index is 0.0943. The quantitative estimate of drug-likeness (QED) is 0.762. The summed E-state index contributed by atoms with van der Waals surface area (Å²) >= 11 is 0. The van der Waals surface area contributed by atoms with E-state index in [1.165, 1.54) is 0 Å². The molecule has 3 heterocycles. The van der Waals surface area contributed by atoms with Crippen LogP contribution in [-0.4, -0.2) is 20.6 Å². The molecule has 0 aliphatic carbocycles. The maximum atomic E-state index is 10.9. The zero-order valence-electron chi connectivity index (χ0n) is 7.80. The summed E-state index contributed by atoms with van der Waals surface area (Å²) in [5, 5.41) is 8.92. The molecule has 0 saturated heterocycles. The predicted octanol–water partition coefficient (Wildman–Crippen LogP) is 1.40. The second kappa shape index (κ2) is 2.73. The summed E-state index contributed by atoms with van der Waals surface area (Å²) < 4.78 is 7.00. The SMILES string of the molecule is O=C(O)c1ncc2n1CCc1occc1-2. The highest BCUT2D eigenvalue weighted by molar-refractivity contribution is 5.85. The van der Waals surface area contributed by atoms with Gasteiger partial charge in [-0.05, 0) is 6.07 Å². The Labute approximate surface area is 85.0 Å². The van der Waals surface area contributed by atoms with Gasteiger partial charge in [-0.15, -0.1) is 0 Å². The van der Waals surface area contributed by atoms with Crippen LogP contribution in [0.2, 0.25) is 0 Å². The normalized spacial score (nSPS) is 13.3. The van der Waals surface area contributed by atoms with Crippen LogP contribution >= 0.6 is 0 Å². The third kappa shape index (κ3) is 1.03. The van der Waals surface area contributed by atoms with Gasteiger partial charge in [-0.25, -0.2) is 9.78 Å². The molecule has 0 bridgehead atoms. The number of fused-ring (bicyclic) bond motifs is 3. The molecule has 5 heteroatoms. The van der Waals surface area contributed by atoms with Crippen molar-refractivity contribution in [2.24, 2.45) is 0 Å². The fourth-order valence-electron chi connectivity index (χ4n) is 1.96. The fraction of sp³-hybridized carbons (Fsp3) is 0.200. The van der Waals surface area contributed by atoms with Crippen molar-refractivity contribution in [2.75, 3.05) is 0 Å². The lowest BCUT2D eigenvalue weighted by molar-refractivity contribution is 0.0678. The van der Waals surface area contributed by atoms with Crippen molar-refractivity contribution in [3.8, 4) is 11.3 Å². The van der Waals surface area contributed by atoms with Crippen LogP contribution < -0.4 is 0 Å². The number of carboxylic acids is 1. The zero-order valence-corrected chi connectivity index (χ0v) is 7.80. The Hall–Kier alpha value is -2.04. The molecule has 0 amide bonds. The number of rotatable bonds is 1. The van der Waals surface area contributed by atoms with Gasteiger partial charge in [0.05, 0.1) is 18.2 Å². The van der Waals surface area contributed by atoms with Gasteiger partial charge in [0.2, 0.25) is 5.82 Å². The molecule has 1 aliphatic heterocycles. The van der Waals surface area contributed by atoms with E-state index in [-0.39, 0.29) is 5.82 Å². The number of hydrogen-bond donors (Lipinski definition) is 1. The van der Waals surface area contributed by atoms with Crippen molar-refractivity contribution in [1.82, 2.24) is 9.55 Å². The summed E-state index contributed by atoms with van der Waals surface area (Å²) in [5.74, 6) is 0.00406. The van der Waals surface area contributed by atoms with Crippen molar-refractivity contribution < 1.29 is 14.3 Å². The van der Waals surface area contributed by atoms with Crippen LogP contribution in [0.3, 0.4) is 0 Å². The molecule has 15 heavy (non-hydrogen) atoms. The summed E-state index contributed by atoms with van der Waals surface area (Å²) in [7, 11) is 0. The average molecular weight is 204 g/mol. The molecule has 0 unspecified atom stereocenters. The number of furan rings is 1. The Morgan fingerprint density at radius 1 is 1.60 bits per heavy atom. The van der Waals surface area contributed by atoms with Crippen molar-refractivity contribution in [3.63, 3.8) is 0 Å². The maximum absolute atomic E-state index is 10.9. The lowest BCUT2D eigenvalue weighted by atomic mass is 10.1. The molecule has 2 aromatic rings. The summed E-state index contributed by atoms with van der Waals surface area (Å²) in [4.78, 5) is 14.8. The van der Waals surface area contributed by atoms with Crippen LogP contribution in [0.5, 0.6) is 0 Å². The number of nitrogens with zero attached hydrogens (tertiary/aromatic N) is 2. The second-order valence-electron chi connectivity index (χ2n) is 3.43. The third-order valence-electron chi connectivity index (χ3n) is 2.63. The van der Waals surface area contributed by atoms with E-state index >= 15 is 0 Å². The molecular weight excluding hydrogens is 196 g/mol. The van der Waals surface area contributed by atoms with E-state index in [4.69, 9.17) is 9.52 Å². The molecule has 3 rings (SSSR count). The van der Waals surface area contributed by atoms with Gasteiger partial charge in [0.1, 0.15) is 5.76 Å². The smallest absolute Gasteiger partial charge is 0.372 e. The Morgan fingerprint density at radius 3 is 3.27 bits per heavy atom. The molecule has 5 nitrogen and oxygen atoms in total. The van der Waals surface area contributed by atoms with E-state index in [1.807, 2.05) is 6.07 Å². The van der Waals surface area contributed by atoms with Gasteiger partial charge >= 0.3 is 5.97 Å². The first-order valence-corrected chi connectivity index (χ1v) is 4.63. The lowest BCUT2D eigenvalue weighted by Crippen LogP contribution is -2.15. The van der Waals surface area contributed by atoms with Crippen molar-refractivity contribution in [2.45, 2.75) is 13.0 Å². The fourth-order valence-corrected chi connectivity index (χ4v) is 1.96. The van der Waals surface area contributed by atoms with E-state index in [2.05, 4.69) is 4.98 Å². The van der Waals surface area contributed by atoms with Gasteiger partial charge < -0.3 is 14.1 Å². The summed E-state index contributed by atoms with van der Waals surface area (Å²) in [6, 6.07) is 1.84. The van der Waals surface area contributed by atoms with E-state index in [0.717, 1.165) is 17.0 Å². The zero-order chi connectivity index (χ0) is 10.4. The monoisotopic (exact) mass is 204 g/mol. The number of carbonyl (C=O) groups is 1. The van der Waals surface area contributed by atoms with Crippen molar-refractivity contribution in [3.05, 3.63) is 30.1 Å². The summed E-state index contributed by atoms with van der Waals surface area (Å²) in [6.45, 7) is 0.609. The predicted molar refractivity (Wildman–Crippen MR) is 50.6 cm³/mol. The number of imidazole rings is 1. The highest BCUT2D eigenvalue weighted by atomic mass is 16.4. The largest absolute Gasteiger partial charge is 0.475 e. The summed E-state index contributed by atoms with van der Waals surface area (Å²) in [6.07, 6.45) is 3.91. The molecule has 0 aromatic carbocycles. The van der Waals surface area contributed by atoms with Crippen LogP contribution in [0, 0.1) is 0 Å². The summed E-state index contributed by atoms with van der Waals surface area (Å²) in [5.41, 5.74) is 1.77. The molecule has 0 fully saturated rings. The molecule has 0 radical (unpaired) electrons. The second-order valence-corrected chi connectivity index (χ2v) is 3.43. The van der Waals surface area contributed by atoms with E-state index in [0.29, 0.717) is 13.0 Å². The van der Waals surface area contributed by atoms with Crippen LogP contribution in [0.15, 0.2) is 22.9 Å². The van der Waals surface area contributed by atoms with Gasteiger partial charge in [0.25, 0.3) is 0 Å². The average Bonchev–Trinajstić information content (AvgIpc) is 2.82. The van der Waals surface area contributed by atoms with Gasteiger partial charge in [-0.3, -0.25) is 0 Å². The first-order chi connectivity index (χ1) is 7.27. The maximum Gasteiger partial charge on any atom is 0.372 e. The molecular formula is C10H8N2O3. The van der Waals surface area contributed by atoms with E-state index in [1.54, 1.807) is 17.0 Å². The Balaban J connectivity index is 2.23. The topological polar surface area (TPSA) is 68.3 Å². The van der Waals surface area contributed by atoms with Crippen LogP contribution in [0.4, 0.5) is 0 Å².